The van der Waals surface area contributed by atoms with Gasteiger partial charge < -0.3 is 0 Å². The summed E-state index contributed by atoms with van der Waals surface area (Å²) in [6.07, 6.45) is 2.49. The lowest BCUT2D eigenvalue weighted by atomic mass is 9.92. The summed E-state index contributed by atoms with van der Waals surface area (Å²) in [6, 6.07) is 8.81. The van der Waals surface area contributed by atoms with Gasteiger partial charge in [-0.15, -0.1) is 0 Å². The molecule has 2 aliphatic rings. The minimum absolute atomic E-state index is 0.405. The number of rotatable bonds is 1. The molecule has 4 rings (SSSR count). The molecule has 0 aliphatic heterocycles. The lowest BCUT2D eigenvalue weighted by molar-refractivity contribution is 0.659. The summed E-state index contributed by atoms with van der Waals surface area (Å²) >= 11 is 7.29. The van der Waals surface area contributed by atoms with E-state index in [0.29, 0.717) is 17.1 Å². The topological polar surface area (TPSA) is 25.8 Å². The van der Waals surface area contributed by atoms with Crippen molar-refractivity contribution in [2.24, 2.45) is 5.92 Å². The Kier molecular flexibility index (Phi) is 2.08. The smallest absolute Gasteiger partial charge is 0.209 e. The first kappa shape index (κ1) is 10.0. The lowest BCUT2D eigenvalue weighted by Crippen LogP contribution is -2.00. The third kappa shape index (κ3) is 1.45. The molecule has 3 unspecified atom stereocenters. The van der Waals surface area contributed by atoms with Gasteiger partial charge in [-0.05, 0) is 58.9 Å². The largest absolute Gasteiger partial charge is 0.234 e. The lowest BCUT2D eigenvalue weighted by Gasteiger charge is -2.13. The molecule has 0 saturated heterocycles. The van der Waals surface area contributed by atoms with Crippen molar-refractivity contribution in [1.82, 2.24) is 9.36 Å². The van der Waals surface area contributed by atoms with Crippen LogP contribution in [-0.2, 0) is 6.42 Å². The fraction of sp³-hybridized carbons (Fsp3) is 0.385. The fourth-order valence-electron chi connectivity index (χ4n) is 3.25. The Morgan fingerprint density at radius 1 is 1.24 bits per heavy atom. The van der Waals surface area contributed by atoms with Crippen molar-refractivity contribution in [3.8, 4) is 0 Å². The van der Waals surface area contributed by atoms with Crippen LogP contribution in [0, 0.1) is 5.92 Å². The number of aryl methyl sites for hydroxylation is 1. The summed E-state index contributed by atoms with van der Waals surface area (Å²) in [6.45, 7) is 0. The zero-order chi connectivity index (χ0) is 11.4. The Labute approximate surface area is 109 Å². The Morgan fingerprint density at radius 2 is 2.12 bits per heavy atom. The van der Waals surface area contributed by atoms with Crippen molar-refractivity contribution in [3.63, 3.8) is 0 Å². The van der Waals surface area contributed by atoms with Gasteiger partial charge in [-0.25, -0.2) is 4.98 Å². The maximum absolute atomic E-state index is 5.82. The first-order chi connectivity index (χ1) is 8.34. The van der Waals surface area contributed by atoms with Gasteiger partial charge in [-0.1, -0.05) is 24.3 Å². The summed E-state index contributed by atoms with van der Waals surface area (Å²) in [5.41, 5.74) is 3.05. The third-order valence-electron chi connectivity index (χ3n) is 4.03. The Balaban J connectivity index is 1.73. The second kappa shape index (κ2) is 3.53. The summed E-state index contributed by atoms with van der Waals surface area (Å²) < 4.78 is 4.09. The fourth-order valence-corrected chi connectivity index (χ4v) is 4.28. The normalized spacial score (nSPS) is 29.6. The van der Waals surface area contributed by atoms with E-state index in [9.17, 15) is 0 Å². The molecule has 2 aromatic rings. The first-order valence-electron chi connectivity index (χ1n) is 5.91. The van der Waals surface area contributed by atoms with E-state index in [-0.39, 0.29) is 0 Å². The van der Waals surface area contributed by atoms with E-state index in [2.05, 4.69) is 33.6 Å². The van der Waals surface area contributed by atoms with Gasteiger partial charge in [0, 0.05) is 5.92 Å². The van der Waals surface area contributed by atoms with Crippen molar-refractivity contribution in [2.45, 2.75) is 24.7 Å². The van der Waals surface area contributed by atoms with E-state index in [1.807, 2.05) is 0 Å². The molecule has 1 saturated carbocycles. The molecule has 0 radical (unpaired) electrons. The number of fused-ring (bicyclic) bond motifs is 3. The van der Waals surface area contributed by atoms with Crippen LogP contribution in [0.4, 0.5) is 0 Å². The zero-order valence-corrected chi connectivity index (χ0v) is 10.7. The van der Waals surface area contributed by atoms with Gasteiger partial charge in [-0.2, -0.15) is 4.37 Å². The quantitative estimate of drug-likeness (QED) is 0.784. The minimum atomic E-state index is 0.405. The van der Waals surface area contributed by atoms with Crippen LogP contribution in [-0.4, -0.2) is 9.36 Å². The molecule has 2 nitrogen and oxygen atoms in total. The molecule has 4 heteroatoms. The number of nitrogens with zero attached hydrogens (tertiary/aromatic N) is 2. The van der Waals surface area contributed by atoms with E-state index < -0.39 is 0 Å². The molecule has 1 fully saturated rings. The first-order valence-corrected chi connectivity index (χ1v) is 7.06. The molecule has 1 aromatic carbocycles. The molecule has 17 heavy (non-hydrogen) atoms. The number of halogens is 1. The molecule has 86 valence electrons. The number of hydrogen-bond donors (Lipinski definition) is 0. The Morgan fingerprint density at radius 3 is 2.94 bits per heavy atom. The van der Waals surface area contributed by atoms with Crippen LogP contribution in [0.15, 0.2) is 24.3 Å². The van der Waals surface area contributed by atoms with Gasteiger partial charge in [0.25, 0.3) is 0 Å². The molecule has 1 aromatic heterocycles. The maximum atomic E-state index is 5.82. The van der Waals surface area contributed by atoms with Crippen LogP contribution < -0.4 is 0 Å². The predicted octanol–water partition coefficient (Wildman–Crippen LogP) is 3.63. The summed E-state index contributed by atoms with van der Waals surface area (Å²) in [4.78, 5) is 4.34. The molecule has 2 aliphatic carbocycles. The maximum Gasteiger partial charge on any atom is 0.234 e. The van der Waals surface area contributed by atoms with Crippen LogP contribution in [0.5, 0.6) is 0 Å². The summed E-state index contributed by atoms with van der Waals surface area (Å²) in [5, 5.41) is 1.53. The minimum Gasteiger partial charge on any atom is -0.209 e. The number of hydrogen-bond acceptors (Lipinski definition) is 3. The van der Waals surface area contributed by atoms with Crippen LogP contribution in [0.1, 0.15) is 34.4 Å². The van der Waals surface area contributed by atoms with Gasteiger partial charge in [0.05, 0.1) is 0 Å². The summed E-state index contributed by atoms with van der Waals surface area (Å²) in [7, 11) is 0. The Hall–Kier alpha value is -0.930. The Bertz CT molecular complexity index is 580. The zero-order valence-electron chi connectivity index (χ0n) is 9.14. The molecule has 3 atom stereocenters. The van der Waals surface area contributed by atoms with Crippen LogP contribution in [0.25, 0.3) is 0 Å². The van der Waals surface area contributed by atoms with Gasteiger partial charge in [0.2, 0.25) is 5.28 Å². The van der Waals surface area contributed by atoms with E-state index in [1.165, 1.54) is 35.5 Å². The second-order valence-electron chi connectivity index (χ2n) is 4.85. The van der Waals surface area contributed by atoms with E-state index in [1.54, 1.807) is 0 Å². The molecule has 1 heterocycles. The van der Waals surface area contributed by atoms with Crippen molar-refractivity contribution < 1.29 is 0 Å². The summed E-state index contributed by atoms with van der Waals surface area (Å²) in [5.74, 6) is 2.02. The molecular formula is C13H11ClN2S. The highest BCUT2D eigenvalue weighted by molar-refractivity contribution is 7.05. The number of benzene rings is 1. The van der Waals surface area contributed by atoms with Gasteiger partial charge in [0.1, 0.15) is 5.01 Å². The predicted molar refractivity (Wildman–Crippen MR) is 68.7 cm³/mol. The highest BCUT2D eigenvalue weighted by Gasteiger charge is 2.55. The average Bonchev–Trinajstić information content (AvgIpc) is 2.96. The van der Waals surface area contributed by atoms with Crippen molar-refractivity contribution in [2.75, 3.05) is 0 Å². The number of aromatic nitrogens is 2. The van der Waals surface area contributed by atoms with Gasteiger partial charge in [-0.3, -0.25) is 0 Å². The molecular weight excluding hydrogens is 252 g/mol. The van der Waals surface area contributed by atoms with Crippen LogP contribution >= 0.6 is 23.1 Å². The monoisotopic (exact) mass is 262 g/mol. The van der Waals surface area contributed by atoms with E-state index in [4.69, 9.17) is 11.6 Å². The van der Waals surface area contributed by atoms with E-state index >= 15 is 0 Å². The van der Waals surface area contributed by atoms with Crippen molar-refractivity contribution in [3.05, 3.63) is 45.7 Å². The van der Waals surface area contributed by atoms with Crippen LogP contribution in [0.2, 0.25) is 5.28 Å². The van der Waals surface area contributed by atoms with Gasteiger partial charge >= 0.3 is 0 Å². The highest BCUT2D eigenvalue weighted by atomic mass is 35.5. The highest BCUT2D eigenvalue weighted by Crippen LogP contribution is 2.65. The van der Waals surface area contributed by atoms with Gasteiger partial charge in [0.15, 0.2) is 0 Å². The van der Waals surface area contributed by atoms with E-state index in [0.717, 1.165) is 10.9 Å². The third-order valence-corrected chi connectivity index (χ3v) is 5.12. The van der Waals surface area contributed by atoms with Crippen molar-refractivity contribution in [1.29, 1.82) is 0 Å². The second-order valence-corrected chi connectivity index (χ2v) is 5.98. The molecule has 0 amide bonds. The van der Waals surface area contributed by atoms with Crippen LogP contribution in [0.3, 0.4) is 0 Å². The van der Waals surface area contributed by atoms with Crippen molar-refractivity contribution >= 4 is 23.1 Å². The molecule has 0 N–H and O–H groups in total. The molecule has 0 bridgehead atoms. The average molecular weight is 263 g/mol. The SMILES string of the molecule is Clc1nsc(C2C3CCc4ccccc4C32)n1. The standard InChI is InChI=1S/C13H11ClN2S/c14-13-15-12(17-16-13)11-9-6-5-7-3-1-2-4-8(7)10(9)11/h1-4,9-11H,5-6H2. The molecule has 0 spiro atoms.